The lowest BCUT2D eigenvalue weighted by Crippen LogP contribution is -2.41. The van der Waals surface area contributed by atoms with Crippen molar-refractivity contribution in [2.75, 3.05) is 31.3 Å². The van der Waals surface area contributed by atoms with Crippen molar-refractivity contribution >= 4 is 30.4 Å². The van der Waals surface area contributed by atoms with Crippen LogP contribution in [0.5, 0.6) is 0 Å². The summed E-state index contributed by atoms with van der Waals surface area (Å²) in [4.78, 5) is 27.8. The number of aromatic nitrogens is 2. The van der Waals surface area contributed by atoms with Gasteiger partial charge in [0.1, 0.15) is 24.8 Å². The summed E-state index contributed by atoms with van der Waals surface area (Å²) in [5, 5.41) is 31.9. The number of halogens is 3. The highest BCUT2D eigenvalue weighted by Gasteiger charge is 2.33. The predicted molar refractivity (Wildman–Crippen MR) is 152 cm³/mol. The molecule has 13 nitrogen and oxygen atoms in total. The lowest BCUT2D eigenvalue weighted by Gasteiger charge is -2.27. The highest BCUT2D eigenvalue weighted by molar-refractivity contribution is 8.13. The van der Waals surface area contributed by atoms with Crippen LogP contribution in [0.1, 0.15) is 31.9 Å². The van der Waals surface area contributed by atoms with Crippen LogP contribution in [0, 0.1) is 5.41 Å². The number of hydrogen-bond donors (Lipinski definition) is 5. The Morgan fingerprint density at radius 3 is 2.40 bits per heavy atom. The van der Waals surface area contributed by atoms with Crippen molar-refractivity contribution in [3.8, 4) is 0 Å². The first kappa shape index (κ1) is 36.8. The number of aliphatic hydroxyl groups is 3. The monoisotopic (exact) mass is 656 g/mol. The van der Waals surface area contributed by atoms with Gasteiger partial charge in [-0.15, -0.1) is 0 Å². The van der Waals surface area contributed by atoms with E-state index >= 15 is 0 Å². The van der Waals surface area contributed by atoms with E-state index in [4.69, 9.17) is 19.5 Å². The molecule has 1 aromatic carbocycles. The SMILES string of the molecule is CC(O)C(O)[C@@H](COP(=O)(NCc1ccc(C(F)(F)F)cc1)OCCSC(=O)C(C)(C)CO)OCn1ccc(N)nc1=O. The summed E-state index contributed by atoms with van der Waals surface area (Å²) in [6.07, 6.45) is -7.52. The van der Waals surface area contributed by atoms with E-state index in [0.29, 0.717) is 5.56 Å². The first-order valence-corrected chi connectivity index (χ1v) is 15.4. The lowest BCUT2D eigenvalue weighted by molar-refractivity contribution is -0.137. The van der Waals surface area contributed by atoms with E-state index in [1.165, 1.54) is 31.3 Å². The van der Waals surface area contributed by atoms with Gasteiger partial charge >= 0.3 is 19.6 Å². The molecule has 0 fully saturated rings. The molecule has 3 unspecified atom stereocenters. The average Bonchev–Trinajstić information content (AvgIpc) is 2.94. The number of hydrogen-bond acceptors (Lipinski definition) is 12. The molecule has 18 heteroatoms. The van der Waals surface area contributed by atoms with Crippen molar-refractivity contribution in [1.29, 1.82) is 0 Å². The molecule has 0 spiro atoms. The van der Waals surface area contributed by atoms with Gasteiger partial charge in [-0.3, -0.25) is 18.4 Å². The summed E-state index contributed by atoms with van der Waals surface area (Å²) in [7, 11) is -4.29. The first-order chi connectivity index (χ1) is 20.0. The summed E-state index contributed by atoms with van der Waals surface area (Å²) in [6, 6.07) is 5.39. The molecular weight excluding hydrogens is 620 g/mol. The Balaban J connectivity index is 2.16. The zero-order valence-corrected chi connectivity index (χ0v) is 25.4. The molecule has 0 amide bonds. The molecule has 6 N–H and O–H groups in total. The smallest absolute Gasteiger partial charge is 0.395 e. The molecular formula is C25H36F3N4O9PS. The Morgan fingerprint density at radius 2 is 1.84 bits per heavy atom. The maximum Gasteiger partial charge on any atom is 0.416 e. The summed E-state index contributed by atoms with van der Waals surface area (Å²) in [5.41, 5.74) is 3.13. The van der Waals surface area contributed by atoms with Crippen molar-refractivity contribution in [2.24, 2.45) is 5.41 Å². The van der Waals surface area contributed by atoms with E-state index < -0.39 is 62.2 Å². The van der Waals surface area contributed by atoms with Crippen LogP contribution >= 0.6 is 19.5 Å². The highest BCUT2D eigenvalue weighted by atomic mass is 32.2. The number of alkyl halides is 3. The number of carbonyl (C=O) groups is 1. The minimum atomic E-state index is -4.54. The third-order valence-electron chi connectivity index (χ3n) is 5.89. The molecule has 1 aromatic heterocycles. The number of nitrogen functional groups attached to an aromatic ring is 1. The van der Waals surface area contributed by atoms with Gasteiger partial charge in [0.25, 0.3) is 0 Å². The quantitative estimate of drug-likeness (QED) is 0.123. The fourth-order valence-corrected chi connectivity index (χ4v) is 5.36. The number of aliphatic hydroxyl groups excluding tert-OH is 3. The zero-order chi connectivity index (χ0) is 32.4. The van der Waals surface area contributed by atoms with Gasteiger partial charge in [0.15, 0.2) is 5.12 Å². The van der Waals surface area contributed by atoms with Gasteiger partial charge in [0.05, 0.1) is 36.9 Å². The summed E-state index contributed by atoms with van der Waals surface area (Å²) in [6.45, 7) is 2.34. The number of ether oxygens (including phenoxy) is 1. The van der Waals surface area contributed by atoms with Gasteiger partial charge in [0, 0.05) is 18.5 Å². The molecule has 1 heterocycles. The van der Waals surface area contributed by atoms with Gasteiger partial charge in [0.2, 0.25) is 0 Å². The second-order valence-electron chi connectivity index (χ2n) is 10.0. The Morgan fingerprint density at radius 1 is 1.19 bits per heavy atom. The lowest BCUT2D eigenvalue weighted by atomic mass is 9.97. The molecule has 0 saturated heterocycles. The van der Waals surface area contributed by atoms with Crippen LogP contribution < -0.4 is 16.5 Å². The van der Waals surface area contributed by atoms with Crippen molar-refractivity contribution in [3.63, 3.8) is 0 Å². The fourth-order valence-electron chi connectivity index (χ4n) is 3.12. The molecule has 2 rings (SSSR count). The van der Waals surface area contributed by atoms with E-state index in [9.17, 15) is 42.6 Å². The topological polar surface area (TPSA) is 195 Å². The van der Waals surface area contributed by atoms with E-state index in [0.717, 1.165) is 28.5 Å². The molecule has 0 radical (unpaired) electrons. The average molecular weight is 657 g/mol. The Hall–Kier alpha value is -2.34. The minimum absolute atomic E-state index is 0.0147. The van der Waals surface area contributed by atoms with E-state index in [-0.39, 0.29) is 36.4 Å². The minimum Gasteiger partial charge on any atom is -0.395 e. The van der Waals surface area contributed by atoms with Crippen LogP contribution in [0.4, 0.5) is 19.0 Å². The van der Waals surface area contributed by atoms with E-state index in [2.05, 4.69) is 10.1 Å². The largest absolute Gasteiger partial charge is 0.416 e. The van der Waals surface area contributed by atoms with Gasteiger partial charge in [-0.1, -0.05) is 23.9 Å². The number of rotatable bonds is 17. The Bertz CT molecular complexity index is 1300. The van der Waals surface area contributed by atoms with Crippen molar-refractivity contribution < 1.29 is 51.6 Å². The van der Waals surface area contributed by atoms with Gasteiger partial charge < -0.3 is 25.8 Å². The summed E-state index contributed by atoms with van der Waals surface area (Å²) >= 11 is 0.828. The number of nitrogens with two attached hydrogens (primary N) is 1. The van der Waals surface area contributed by atoms with Crippen LogP contribution in [-0.4, -0.2) is 73.9 Å². The molecule has 4 atom stereocenters. The molecule has 0 aliphatic rings. The van der Waals surface area contributed by atoms with E-state index in [1.54, 1.807) is 13.8 Å². The standard InChI is InChI=1S/C25H36F3N4O9PS/c1-16(34)21(35)19(39-15-32-9-8-20(29)31-23(32)37)13-41-42(38,40-10-11-43-22(36)24(2,3)14-33)30-12-17-4-6-18(7-5-17)25(26,27)28/h4-9,16,19,21,33-35H,10-15H2,1-3H3,(H,30,38)(H2,29,31,37)/t16?,19-,21?,42?/m1/s1. The third-order valence-corrected chi connectivity index (χ3v) is 8.63. The summed E-state index contributed by atoms with van der Waals surface area (Å²) < 4.78 is 69.8. The number of nitrogens with zero attached hydrogens (tertiary/aromatic N) is 2. The van der Waals surface area contributed by atoms with Crippen molar-refractivity contribution in [3.05, 3.63) is 58.1 Å². The Kier molecular flexibility index (Phi) is 13.8. The first-order valence-electron chi connectivity index (χ1n) is 12.9. The van der Waals surface area contributed by atoms with Crippen LogP contribution in [-0.2, 0) is 42.6 Å². The van der Waals surface area contributed by atoms with Gasteiger partial charge in [-0.25, -0.2) is 14.4 Å². The van der Waals surface area contributed by atoms with Crippen molar-refractivity contribution in [2.45, 2.75) is 58.5 Å². The van der Waals surface area contributed by atoms with Crippen LogP contribution in [0.25, 0.3) is 0 Å². The van der Waals surface area contributed by atoms with Crippen molar-refractivity contribution in [1.82, 2.24) is 14.6 Å². The molecule has 0 saturated carbocycles. The maximum atomic E-state index is 13.6. The van der Waals surface area contributed by atoms with Crippen LogP contribution in [0.15, 0.2) is 41.3 Å². The summed E-state index contributed by atoms with van der Waals surface area (Å²) in [5.74, 6) is -0.0111. The second kappa shape index (κ2) is 16.1. The highest BCUT2D eigenvalue weighted by Crippen LogP contribution is 2.45. The number of anilines is 1. The predicted octanol–water partition coefficient (Wildman–Crippen LogP) is 2.14. The third kappa shape index (κ3) is 11.9. The van der Waals surface area contributed by atoms with Gasteiger partial charge in [-0.2, -0.15) is 18.2 Å². The number of nitrogens with one attached hydrogen (secondary N) is 1. The fraction of sp³-hybridized carbons (Fsp3) is 0.560. The molecule has 0 bridgehead atoms. The Labute approximate surface area is 250 Å². The molecule has 242 valence electrons. The molecule has 0 aliphatic heterocycles. The zero-order valence-electron chi connectivity index (χ0n) is 23.7. The number of thioether (sulfide) groups is 1. The molecule has 43 heavy (non-hydrogen) atoms. The normalized spacial score (nSPS) is 15.9. The molecule has 0 aliphatic carbocycles. The van der Waals surface area contributed by atoms with E-state index in [1.807, 2.05) is 0 Å². The van der Waals surface area contributed by atoms with Gasteiger partial charge in [-0.05, 0) is 44.5 Å². The molecule has 2 aromatic rings. The second-order valence-corrected chi connectivity index (χ2v) is 12.9. The number of carbonyl (C=O) groups excluding carboxylic acids is 1. The van der Waals surface area contributed by atoms with Crippen LogP contribution in [0.2, 0.25) is 0 Å². The van der Waals surface area contributed by atoms with Crippen LogP contribution in [0.3, 0.4) is 0 Å². The maximum absolute atomic E-state index is 13.6. The number of benzene rings is 1.